The number of thiazole rings is 1. The highest BCUT2D eigenvalue weighted by Gasteiger charge is 2.19. The Labute approximate surface area is 133 Å². The van der Waals surface area contributed by atoms with Gasteiger partial charge in [-0.3, -0.25) is 0 Å². The van der Waals surface area contributed by atoms with Crippen molar-refractivity contribution in [3.05, 3.63) is 52.0 Å². The summed E-state index contributed by atoms with van der Waals surface area (Å²) in [4.78, 5) is 9.87. The molecule has 0 unspecified atom stereocenters. The fourth-order valence-electron chi connectivity index (χ4n) is 2.28. The summed E-state index contributed by atoms with van der Waals surface area (Å²) in [5.74, 6) is 0.696. The van der Waals surface area contributed by atoms with E-state index in [0.717, 1.165) is 30.2 Å². The highest BCUT2D eigenvalue weighted by Crippen LogP contribution is 2.16. The van der Waals surface area contributed by atoms with E-state index < -0.39 is 0 Å². The molecule has 0 amide bonds. The summed E-state index contributed by atoms with van der Waals surface area (Å²) in [7, 11) is 0. The fraction of sp³-hybridized carbons (Fsp3) is 0.375. The monoisotopic (exact) mass is 317 g/mol. The number of benzene rings is 1. The number of amidine groups is 1. The van der Waals surface area contributed by atoms with E-state index in [0.29, 0.717) is 19.0 Å². The van der Waals surface area contributed by atoms with Crippen LogP contribution in [-0.2, 0) is 22.6 Å². The van der Waals surface area contributed by atoms with Gasteiger partial charge >= 0.3 is 0 Å². The number of oxime groups is 1. The van der Waals surface area contributed by atoms with Crippen LogP contribution in [0.15, 0.2) is 40.9 Å². The predicted octanol–water partition coefficient (Wildman–Crippen LogP) is 2.56. The first-order valence-electron chi connectivity index (χ1n) is 7.31. The maximum Gasteiger partial charge on any atom is 0.160 e. The molecule has 2 N–H and O–H groups in total. The van der Waals surface area contributed by atoms with Crippen molar-refractivity contribution in [3.8, 4) is 0 Å². The largest absolute Gasteiger partial charge is 0.388 e. The van der Waals surface area contributed by atoms with E-state index in [9.17, 15) is 0 Å². The van der Waals surface area contributed by atoms with Gasteiger partial charge in [0.15, 0.2) is 6.61 Å². The maximum absolute atomic E-state index is 5.88. The molecule has 0 radical (unpaired) electrons. The van der Waals surface area contributed by atoms with Crippen LogP contribution in [0.5, 0.6) is 0 Å². The van der Waals surface area contributed by atoms with Gasteiger partial charge in [-0.2, -0.15) is 0 Å². The second kappa shape index (κ2) is 7.38. The molecule has 0 bridgehead atoms. The minimum Gasteiger partial charge on any atom is -0.388 e. The van der Waals surface area contributed by atoms with Gasteiger partial charge in [-0.05, 0) is 12.0 Å². The first kappa shape index (κ1) is 15.0. The van der Waals surface area contributed by atoms with Crippen molar-refractivity contribution < 1.29 is 9.57 Å². The number of ether oxygens (including phenoxy) is 1. The van der Waals surface area contributed by atoms with Crippen LogP contribution in [0.2, 0.25) is 0 Å². The number of nitrogens with zero attached hydrogens (tertiary/aromatic N) is 2. The van der Waals surface area contributed by atoms with Crippen LogP contribution in [0, 0.1) is 5.92 Å². The van der Waals surface area contributed by atoms with E-state index in [1.807, 2.05) is 23.6 Å². The summed E-state index contributed by atoms with van der Waals surface area (Å²) in [5, 5.41) is 7.05. The molecular formula is C16H19N3O2S. The Morgan fingerprint density at radius 2 is 2.27 bits per heavy atom. The van der Waals surface area contributed by atoms with Gasteiger partial charge in [0, 0.05) is 24.3 Å². The summed E-state index contributed by atoms with van der Waals surface area (Å²) in [6.45, 7) is 1.73. The van der Waals surface area contributed by atoms with Crippen LogP contribution in [0.4, 0.5) is 0 Å². The van der Waals surface area contributed by atoms with Gasteiger partial charge < -0.3 is 15.3 Å². The van der Waals surface area contributed by atoms with Gasteiger partial charge in [0.25, 0.3) is 0 Å². The van der Waals surface area contributed by atoms with Crippen LogP contribution in [-0.4, -0.2) is 24.0 Å². The number of hydrogen-bond acceptors (Lipinski definition) is 5. The molecule has 1 aliphatic rings. The van der Waals surface area contributed by atoms with E-state index in [2.05, 4.69) is 22.3 Å². The van der Waals surface area contributed by atoms with Crippen molar-refractivity contribution in [2.45, 2.75) is 19.4 Å². The standard InChI is InChI=1S/C16H19N3O2S/c17-16(13-6-7-20-9-13)19-21-10-14-11-22-15(18-14)8-12-4-2-1-3-5-12/h1-5,11,13H,6-10H2,(H2,17,19)/t13-/m0/s1. The molecule has 116 valence electrons. The highest BCUT2D eigenvalue weighted by atomic mass is 32.1. The molecule has 1 atom stereocenters. The summed E-state index contributed by atoms with van der Waals surface area (Å²) in [6, 6.07) is 10.3. The van der Waals surface area contributed by atoms with Gasteiger partial charge in [-0.1, -0.05) is 35.5 Å². The minimum atomic E-state index is 0.184. The van der Waals surface area contributed by atoms with Crippen LogP contribution in [0.1, 0.15) is 22.7 Å². The lowest BCUT2D eigenvalue weighted by Gasteiger charge is -2.05. The normalized spacial score (nSPS) is 18.5. The average Bonchev–Trinajstić information content (AvgIpc) is 3.20. The molecule has 1 fully saturated rings. The Kier molecular flexibility index (Phi) is 5.03. The van der Waals surface area contributed by atoms with Crippen molar-refractivity contribution in [3.63, 3.8) is 0 Å². The van der Waals surface area contributed by atoms with Gasteiger partial charge in [-0.25, -0.2) is 4.98 Å². The van der Waals surface area contributed by atoms with E-state index >= 15 is 0 Å². The summed E-state index contributed by atoms with van der Waals surface area (Å²) in [6.07, 6.45) is 1.76. The lowest BCUT2D eigenvalue weighted by Crippen LogP contribution is -2.24. The summed E-state index contributed by atoms with van der Waals surface area (Å²) < 4.78 is 5.28. The molecule has 1 aromatic heterocycles. The Morgan fingerprint density at radius 1 is 1.41 bits per heavy atom. The van der Waals surface area contributed by atoms with Gasteiger partial charge in [-0.15, -0.1) is 11.3 Å². The molecule has 1 saturated heterocycles. The molecule has 22 heavy (non-hydrogen) atoms. The molecule has 0 saturated carbocycles. The van der Waals surface area contributed by atoms with E-state index in [1.54, 1.807) is 11.3 Å². The number of hydrogen-bond donors (Lipinski definition) is 1. The third-order valence-corrected chi connectivity index (χ3v) is 4.43. The SMILES string of the molecule is N/C(=N\OCc1csc(Cc2ccccc2)n1)[C@H]1CCOC1. The molecule has 0 spiro atoms. The van der Waals surface area contributed by atoms with Crippen molar-refractivity contribution in [1.29, 1.82) is 0 Å². The van der Waals surface area contributed by atoms with Gasteiger partial charge in [0.2, 0.25) is 0 Å². The second-order valence-electron chi connectivity index (χ2n) is 5.25. The molecule has 5 nitrogen and oxygen atoms in total. The Balaban J connectivity index is 1.50. The van der Waals surface area contributed by atoms with Crippen molar-refractivity contribution in [1.82, 2.24) is 4.98 Å². The first-order valence-corrected chi connectivity index (χ1v) is 8.19. The second-order valence-corrected chi connectivity index (χ2v) is 6.19. The molecular weight excluding hydrogens is 298 g/mol. The molecule has 0 aliphatic carbocycles. The number of rotatable bonds is 6. The van der Waals surface area contributed by atoms with E-state index in [1.165, 1.54) is 5.56 Å². The minimum absolute atomic E-state index is 0.184. The zero-order chi connectivity index (χ0) is 15.2. The Hall–Kier alpha value is -1.92. The zero-order valence-corrected chi connectivity index (χ0v) is 13.1. The Morgan fingerprint density at radius 3 is 3.05 bits per heavy atom. The smallest absolute Gasteiger partial charge is 0.160 e. The highest BCUT2D eigenvalue weighted by molar-refractivity contribution is 7.09. The zero-order valence-electron chi connectivity index (χ0n) is 12.3. The topological polar surface area (TPSA) is 69.7 Å². The van der Waals surface area contributed by atoms with Gasteiger partial charge in [0.05, 0.1) is 17.3 Å². The molecule has 1 aliphatic heterocycles. The van der Waals surface area contributed by atoms with Crippen LogP contribution < -0.4 is 5.73 Å². The fourth-order valence-corrected chi connectivity index (χ4v) is 3.09. The molecule has 6 heteroatoms. The number of aromatic nitrogens is 1. The van der Waals surface area contributed by atoms with E-state index in [4.69, 9.17) is 15.3 Å². The summed E-state index contributed by atoms with van der Waals surface area (Å²) in [5.41, 5.74) is 8.02. The number of nitrogens with two attached hydrogens (primary N) is 1. The molecule has 2 heterocycles. The van der Waals surface area contributed by atoms with Crippen molar-refractivity contribution >= 4 is 17.2 Å². The third kappa shape index (κ3) is 4.05. The summed E-state index contributed by atoms with van der Waals surface area (Å²) >= 11 is 1.64. The van der Waals surface area contributed by atoms with E-state index in [-0.39, 0.29) is 5.92 Å². The van der Waals surface area contributed by atoms with Crippen molar-refractivity contribution in [2.75, 3.05) is 13.2 Å². The predicted molar refractivity (Wildman–Crippen MR) is 86.7 cm³/mol. The van der Waals surface area contributed by atoms with Crippen LogP contribution >= 0.6 is 11.3 Å². The van der Waals surface area contributed by atoms with Crippen LogP contribution in [0.25, 0.3) is 0 Å². The molecule has 1 aromatic carbocycles. The first-order chi connectivity index (χ1) is 10.8. The molecule has 3 rings (SSSR count). The lowest BCUT2D eigenvalue weighted by molar-refractivity contribution is 0.125. The average molecular weight is 317 g/mol. The third-order valence-electron chi connectivity index (χ3n) is 3.53. The van der Waals surface area contributed by atoms with Crippen molar-refractivity contribution in [2.24, 2.45) is 16.8 Å². The quantitative estimate of drug-likeness (QED) is 0.505. The lowest BCUT2D eigenvalue weighted by atomic mass is 10.1. The van der Waals surface area contributed by atoms with Gasteiger partial charge in [0.1, 0.15) is 5.84 Å². The molecule has 2 aromatic rings. The maximum atomic E-state index is 5.88. The van der Waals surface area contributed by atoms with Crippen LogP contribution in [0.3, 0.4) is 0 Å². The Bertz CT molecular complexity index is 621.